The van der Waals surface area contributed by atoms with Crippen molar-refractivity contribution in [3.05, 3.63) is 0 Å². The van der Waals surface area contributed by atoms with Gasteiger partial charge in [-0.1, -0.05) is 25.7 Å². The van der Waals surface area contributed by atoms with Crippen LogP contribution in [0.3, 0.4) is 0 Å². The monoisotopic (exact) mass is 223 g/mol. The third kappa shape index (κ3) is 2.76. The predicted molar refractivity (Wildman–Crippen MR) is 63.9 cm³/mol. The molecule has 1 aliphatic heterocycles. The quantitative estimate of drug-likeness (QED) is 0.708. The molecule has 2 rings (SSSR count). The Balaban J connectivity index is 1.88. The number of hydrogen-bond donors (Lipinski definition) is 0. The molecule has 91 valence electrons. The van der Waals surface area contributed by atoms with Crippen LogP contribution in [0, 0.1) is 5.92 Å². The number of carbonyl (C=O) groups excluding carboxylic acids is 1. The third-order valence-corrected chi connectivity index (χ3v) is 4.06. The first-order valence-corrected chi connectivity index (χ1v) is 6.79. The molecule has 1 amide bonds. The Labute approximate surface area is 98.4 Å². The number of likely N-dealkylation sites (tertiary alicyclic amines) is 1. The Hall–Kier alpha value is -0.570. The van der Waals surface area contributed by atoms with Gasteiger partial charge in [-0.05, 0) is 31.6 Å². The maximum atomic E-state index is 12.2. The van der Waals surface area contributed by atoms with Crippen LogP contribution < -0.4 is 5.73 Å². The van der Waals surface area contributed by atoms with Gasteiger partial charge in [-0.3, -0.25) is 4.79 Å². The molecule has 0 aromatic rings. The van der Waals surface area contributed by atoms with Crippen LogP contribution in [-0.4, -0.2) is 29.9 Å². The molecular weight excluding hydrogens is 200 g/mol. The summed E-state index contributed by atoms with van der Waals surface area (Å²) in [6.45, 7) is 1.78. The number of amides is 1. The lowest BCUT2D eigenvalue weighted by Gasteiger charge is -2.26. The minimum Gasteiger partial charge on any atom is -0.341 e. The summed E-state index contributed by atoms with van der Waals surface area (Å²) in [6.07, 6.45) is 9.36. The van der Waals surface area contributed by atoms with E-state index in [2.05, 4.69) is 0 Å². The molecule has 1 aliphatic carbocycles. The summed E-state index contributed by atoms with van der Waals surface area (Å²) < 4.78 is 0. The molecule has 0 spiro atoms. The molecule has 2 aliphatic rings. The van der Waals surface area contributed by atoms with Gasteiger partial charge >= 0.3 is 0 Å². The average molecular weight is 223 g/mol. The SMILES string of the molecule is [NH]C(C(=O)N1CCCCCC1)C1CCCC1. The largest absolute Gasteiger partial charge is 0.341 e. The first-order valence-electron chi connectivity index (χ1n) is 6.79. The highest BCUT2D eigenvalue weighted by Gasteiger charge is 2.31. The number of hydrogen-bond acceptors (Lipinski definition) is 1. The van der Waals surface area contributed by atoms with Crippen molar-refractivity contribution in [3.8, 4) is 0 Å². The van der Waals surface area contributed by atoms with E-state index in [-0.39, 0.29) is 5.91 Å². The van der Waals surface area contributed by atoms with Crippen molar-refractivity contribution in [2.24, 2.45) is 5.92 Å². The van der Waals surface area contributed by atoms with Crippen molar-refractivity contribution in [3.63, 3.8) is 0 Å². The van der Waals surface area contributed by atoms with Gasteiger partial charge in [-0.2, -0.15) is 0 Å². The number of carbonyl (C=O) groups is 1. The highest BCUT2D eigenvalue weighted by molar-refractivity contribution is 5.81. The van der Waals surface area contributed by atoms with Crippen LogP contribution in [0.2, 0.25) is 0 Å². The zero-order chi connectivity index (χ0) is 11.4. The summed E-state index contributed by atoms with van der Waals surface area (Å²) >= 11 is 0. The van der Waals surface area contributed by atoms with E-state index in [1.807, 2.05) is 4.90 Å². The minimum absolute atomic E-state index is 0.105. The van der Waals surface area contributed by atoms with Gasteiger partial charge in [0.25, 0.3) is 0 Å². The normalized spacial score (nSPS) is 25.4. The van der Waals surface area contributed by atoms with Gasteiger partial charge in [0.2, 0.25) is 5.91 Å². The third-order valence-electron chi connectivity index (χ3n) is 4.06. The lowest BCUT2D eigenvalue weighted by molar-refractivity contribution is -0.134. The van der Waals surface area contributed by atoms with Gasteiger partial charge in [-0.15, -0.1) is 0 Å². The Morgan fingerprint density at radius 2 is 1.56 bits per heavy atom. The molecule has 1 saturated heterocycles. The molecule has 3 heteroatoms. The molecule has 16 heavy (non-hydrogen) atoms. The lowest BCUT2D eigenvalue weighted by Crippen LogP contribution is -2.43. The number of nitrogens with one attached hydrogen (secondary N) is 1. The summed E-state index contributed by atoms with van der Waals surface area (Å²) in [5.41, 5.74) is 8.09. The van der Waals surface area contributed by atoms with Gasteiger partial charge in [-0.25, -0.2) is 5.73 Å². The molecule has 1 unspecified atom stereocenters. The smallest absolute Gasteiger partial charge is 0.241 e. The summed E-state index contributed by atoms with van der Waals surface area (Å²) in [7, 11) is 0. The van der Waals surface area contributed by atoms with Gasteiger partial charge < -0.3 is 4.90 Å². The highest BCUT2D eigenvalue weighted by Crippen LogP contribution is 2.28. The molecular formula is C13H23N2O. The minimum atomic E-state index is -0.472. The second kappa shape index (κ2) is 5.67. The van der Waals surface area contributed by atoms with Crippen LogP contribution in [0.4, 0.5) is 0 Å². The molecule has 1 atom stereocenters. The summed E-state index contributed by atoms with van der Waals surface area (Å²) in [6, 6.07) is -0.472. The van der Waals surface area contributed by atoms with Gasteiger partial charge in [0.05, 0.1) is 0 Å². The fourth-order valence-corrected chi connectivity index (χ4v) is 2.98. The van der Waals surface area contributed by atoms with Crippen LogP contribution >= 0.6 is 0 Å². The molecule has 0 aromatic heterocycles. The van der Waals surface area contributed by atoms with E-state index >= 15 is 0 Å². The fraction of sp³-hybridized carbons (Fsp3) is 0.923. The summed E-state index contributed by atoms with van der Waals surface area (Å²) in [4.78, 5) is 14.1. The molecule has 2 fully saturated rings. The number of rotatable bonds is 2. The lowest BCUT2D eigenvalue weighted by atomic mass is 9.98. The topological polar surface area (TPSA) is 44.1 Å². The second-order valence-corrected chi connectivity index (χ2v) is 5.26. The summed E-state index contributed by atoms with van der Waals surface area (Å²) in [5.74, 6) is 0.449. The average Bonchev–Trinajstić information content (AvgIpc) is 2.70. The Morgan fingerprint density at radius 3 is 2.12 bits per heavy atom. The summed E-state index contributed by atoms with van der Waals surface area (Å²) in [5, 5.41) is 0. The van der Waals surface area contributed by atoms with Crippen LogP contribution in [0.1, 0.15) is 51.4 Å². The van der Waals surface area contributed by atoms with Crippen LogP contribution in [0.15, 0.2) is 0 Å². The van der Waals surface area contributed by atoms with Gasteiger partial charge in [0.1, 0.15) is 6.04 Å². The van der Waals surface area contributed by atoms with E-state index in [9.17, 15) is 4.79 Å². The van der Waals surface area contributed by atoms with Gasteiger partial charge in [0, 0.05) is 13.1 Å². The standard InChI is InChI=1S/C13H23N2O/c14-12(11-7-3-4-8-11)13(16)15-9-5-1-2-6-10-15/h11-12,14H,1-10H2. The number of nitrogens with zero attached hydrogens (tertiary/aromatic N) is 1. The molecule has 1 N–H and O–H groups in total. The molecule has 1 radical (unpaired) electrons. The predicted octanol–water partition coefficient (Wildman–Crippen LogP) is 2.23. The van der Waals surface area contributed by atoms with E-state index < -0.39 is 6.04 Å². The van der Waals surface area contributed by atoms with Crippen molar-refractivity contribution >= 4 is 5.91 Å². The molecule has 3 nitrogen and oxygen atoms in total. The van der Waals surface area contributed by atoms with Crippen molar-refractivity contribution in [2.75, 3.05) is 13.1 Å². The van der Waals surface area contributed by atoms with Crippen molar-refractivity contribution in [1.29, 1.82) is 0 Å². The molecule has 1 heterocycles. The van der Waals surface area contributed by atoms with Crippen LogP contribution in [0.5, 0.6) is 0 Å². The van der Waals surface area contributed by atoms with E-state index in [0.29, 0.717) is 5.92 Å². The van der Waals surface area contributed by atoms with E-state index in [0.717, 1.165) is 38.8 Å². The zero-order valence-corrected chi connectivity index (χ0v) is 10.1. The first-order chi connectivity index (χ1) is 7.79. The van der Waals surface area contributed by atoms with Crippen LogP contribution in [-0.2, 0) is 4.79 Å². The van der Waals surface area contributed by atoms with Crippen molar-refractivity contribution in [1.82, 2.24) is 10.6 Å². The van der Waals surface area contributed by atoms with E-state index in [1.165, 1.54) is 25.7 Å². The molecule has 0 bridgehead atoms. The van der Waals surface area contributed by atoms with E-state index in [1.54, 1.807) is 0 Å². The second-order valence-electron chi connectivity index (χ2n) is 5.26. The zero-order valence-electron chi connectivity index (χ0n) is 10.1. The molecule has 0 aromatic carbocycles. The highest BCUT2D eigenvalue weighted by atomic mass is 16.2. The Morgan fingerprint density at radius 1 is 1.00 bits per heavy atom. The van der Waals surface area contributed by atoms with Crippen molar-refractivity contribution in [2.45, 2.75) is 57.4 Å². The molecule has 1 saturated carbocycles. The Kier molecular flexibility index (Phi) is 4.22. The van der Waals surface area contributed by atoms with Crippen molar-refractivity contribution < 1.29 is 4.79 Å². The maximum absolute atomic E-state index is 12.2. The van der Waals surface area contributed by atoms with Gasteiger partial charge in [0.15, 0.2) is 0 Å². The van der Waals surface area contributed by atoms with Crippen LogP contribution in [0.25, 0.3) is 0 Å². The first kappa shape index (κ1) is 11.9. The Bertz CT molecular complexity index is 224. The maximum Gasteiger partial charge on any atom is 0.241 e. The van der Waals surface area contributed by atoms with E-state index in [4.69, 9.17) is 5.73 Å². The fourth-order valence-electron chi connectivity index (χ4n) is 2.98.